The molecule has 192 valence electrons. The summed E-state index contributed by atoms with van der Waals surface area (Å²) in [6.45, 7) is 8.75. The minimum atomic E-state index is -2.94. The summed E-state index contributed by atoms with van der Waals surface area (Å²) in [6, 6.07) is 13.5. The standard InChI is InChI=1S/C29H35F2N3OS/c1-4-8-20(2)18-34-15-13-21(14-16-34)28-33-26(19-36-28)27(35)32-25-12-6-5-11-24(25)22-9-7-10-23(17-22)29(3,30)31/h5-7,9-12,17,19-21H,4,8,13-16,18H2,1-3H3,(H,32,35). The number of alkyl halides is 2. The average Bonchev–Trinajstić information content (AvgIpc) is 3.35. The van der Waals surface area contributed by atoms with Crippen LogP contribution in [-0.2, 0) is 5.92 Å². The molecule has 1 saturated heterocycles. The van der Waals surface area contributed by atoms with Gasteiger partial charge in [0, 0.05) is 41.6 Å². The van der Waals surface area contributed by atoms with Gasteiger partial charge in [-0.25, -0.2) is 13.8 Å². The lowest BCUT2D eigenvalue weighted by Gasteiger charge is -2.32. The highest BCUT2D eigenvalue weighted by atomic mass is 32.1. The van der Waals surface area contributed by atoms with Crippen LogP contribution in [0.25, 0.3) is 11.1 Å². The molecule has 1 aromatic heterocycles. The van der Waals surface area contributed by atoms with Crippen LogP contribution in [0, 0.1) is 5.92 Å². The number of carbonyl (C=O) groups is 1. The fourth-order valence-electron chi connectivity index (χ4n) is 4.96. The van der Waals surface area contributed by atoms with E-state index in [1.165, 1.54) is 25.0 Å². The summed E-state index contributed by atoms with van der Waals surface area (Å²) in [5.74, 6) is -2.10. The third-order valence-electron chi connectivity index (χ3n) is 6.90. The van der Waals surface area contributed by atoms with Crippen LogP contribution in [0.4, 0.5) is 14.5 Å². The number of halogens is 2. The van der Waals surface area contributed by atoms with E-state index in [0.717, 1.165) is 50.3 Å². The molecule has 1 fully saturated rings. The van der Waals surface area contributed by atoms with Crippen molar-refractivity contribution in [3.8, 4) is 11.1 Å². The Morgan fingerprint density at radius 2 is 1.94 bits per heavy atom. The van der Waals surface area contributed by atoms with Crippen LogP contribution in [-0.4, -0.2) is 35.4 Å². The van der Waals surface area contributed by atoms with Gasteiger partial charge in [-0.3, -0.25) is 4.79 Å². The third kappa shape index (κ3) is 6.56. The molecule has 4 rings (SSSR count). The number of piperidine rings is 1. The Balaban J connectivity index is 1.42. The molecule has 0 aliphatic carbocycles. The van der Waals surface area contributed by atoms with Gasteiger partial charge in [-0.15, -0.1) is 11.3 Å². The number of nitrogens with one attached hydrogen (secondary N) is 1. The second-order valence-corrected chi connectivity index (χ2v) is 10.9. The number of hydrogen-bond acceptors (Lipinski definition) is 4. The maximum Gasteiger partial charge on any atom is 0.275 e. The minimum Gasteiger partial charge on any atom is -0.320 e. The molecule has 36 heavy (non-hydrogen) atoms. The van der Waals surface area contributed by atoms with E-state index in [-0.39, 0.29) is 11.5 Å². The average molecular weight is 512 g/mol. The Kier molecular flexibility index (Phi) is 8.52. The van der Waals surface area contributed by atoms with Gasteiger partial charge >= 0.3 is 0 Å². The lowest BCUT2D eigenvalue weighted by atomic mass is 9.96. The number of carbonyl (C=O) groups excluding carboxylic acids is 1. The second-order valence-electron chi connectivity index (χ2n) is 10.0. The highest BCUT2D eigenvalue weighted by Crippen LogP contribution is 2.34. The van der Waals surface area contributed by atoms with Crippen LogP contribution in [0.15, 0.2) is 53.9 Å². The lowest BCUT2D eigenvalue weighted by molar-refractivity contribution is 0.0175. The number of amides is 1. The molecule has 2 heterocycles. The molecule has 0 spiro atoms. The Morgan fingerprint density at radius 3 is 2.67 bits per heavy atom. The molecule has 0 bridgehead atoms. The van der Waals surface area contributed by atoms with Crippen molar-refractivity contribution in [1.82, 2.24) is 9.88 Å². The molecular weight excluding hydrogens is 476 g/mol. The first-order chi connectivity index (χ1) is 17.2. The summed E-state index contributed by atoms with van der Waals surface area (Å²) in [5, 5.41) is 5.79. The topological polar surface area (TPSA) is 45.2 Å². The maximum absolute atomic E-state index is 13.9. The number of nitrogens with zero attached hydrogens (tertiary/aromatic N) is 2. The quantitative estimate of drug-likeness (QED) is 0.319. The van der Waals surface area contributed by atoms with Gasteiger partial charge in [0.25, 0.3) is 11.8 Å². The van der Waals surface area contributed by atoms with Gasteiger partial charge in [0.05, 0.1) is 5.01 Å². The number of anilines is 1. The second kappa shape index (κ2) is 11.6. The van der Waals surface area contributed by atoms with Crippen molar-refractivity contribution >= 4 is 22.9 Å². The zero-order valence-electron chi connectivity index (χ0n) is 21.3. The smallest absolute Gasteiger partial charge is 0.275 e. The van der Waals surface area contributed by atoms with E-state index in [0.29, 0.717) is 28.4 Å². The molecule has 0 radical (unpaired) electrons. The van der Waals surface area contributed by atoms with Crippen molar-refractivity contribution in [2.24, 2.45) is 5.92 Å². The fraction of sp³-hybridized carbons (Fsp3) is 0.448. The van der Waals surface area contributed by atoms with Gasteiger partial charge in [-0.05, 0) is 56.0 Å². The molecule has 0 saturated carbocycles. The van der Waals surface area contributed by atoms with E-state index >= 15 is 0 Å². The summed E-state index contributed by atoms with van der Waals surface area (Å²) < 4.78 is 27.7. The van der Waals surface area contributed by atoms with Crippen molar-refractivity contribution in [3.05, 3.63) is 70.2 Å². The molecule has 1 unspecified atom stereocenters. The molecule has 2 aromatic carbocycles. The largest absolute Gasteiger partial charge is 0.320 e. The van der Waals surface area contributed by atoms with Crippen molar-refractivity contribution in [3.63, 3.8) is 0 Å². The van der Waals surface area contributed by atoms with Gasteiger partial charge in [0.15, 0.2) is 0 Å². The molecule has 4 nitrogen and oxygen atoms in total. The highest BCUT2D eigenvalue weighted by molar-refractivity contribution is 7.10. The molecule has 1 aliphatic rings. The van der Waals surface area contributed by atoms with E-state index < -0.39 is 5.92 Å². The lowest BCUT2D eigenvalue weighted by Crippen LogP contribution is -2.36. The van der Waals surface area contributed by atoms with Gasteiger partial charge in [-0.1, -0.05) is 56.7 Å². The summed E-state index contributed by atoms with van der Waals surface area (Å²) in [7, 11) is 0. The zero-order valence-corrected chi connectivity index (χ0v) is 22.1. The maximum atomic E-state index is 13.9. The Bertz CT molecular complexity index is 1170. The van der Waals surface area contributed by atoms with E-state index in [1.807, 2.05) is 23.6 Å². The van der Waals surface area contributed by atoms with Crippen molar-refractivity contribution in [2.45, 2.75) is 58.3 Å². The van der Waals surface area contributed by atoms with Crippen LogP contribution in [0.5, 0.6) is 0 Å². The normalized spacial score (nSPS) is 16.1. The number of hydrogen-bond donors (Lipinski definition) is 1. The predicted octanol–water partition coefficient (Wildman–Crippen LogP) is 7.79. The van der Waals surface area contributed by atoms with Gasteiger partial charge in [-0.2, -0.15) is 0 Å². The van der Waals surface area contributed by atoms with E-state index in [4.69, 9.17) is 0 Å². The van der Waals surface area contributed by atoms with Crippen LogP contribution in [0.1, 0.15) is 73.4 Å². The van der Waals surface area contributed by atoms with E-state index in [9.17, 15) is 13.6 Å². The van der Waals surface area contributed by atoms with Gasteiger partial charge < -0.3 is 10.2 Å². The van der Waals surface area contributed by atoms with Crippen LogP contribution < -0.4 is 5.32 Å². The zero-order chi connectivity index (χ0) is 25.7. The van der Waals surface area contributed by atoms with Crippen molar-refractivity contribution < 1.29 is 13.6 Å². The van der Waals surface area contributed by atoms with Crippen molar-refractivity contribution in [1.29, 1.82) is 0 Å². The van der Waals surface area contributed by atoms with Crippen molar-refractivity contribution in [2.75, 3.05) is 25.0 Å². The SMILES string of the molecule is CCCC(C)CN1CCC(c2nc(C(=O)Nc3ccccc3-c3cccc(C(C)(F)F)c3)cs2)CC1. The van der Waals surface area contributed by atoms with Gasteiger partial charge in [0.1, 0.15) is 5.69 Å². The first kappa shape index (κ1) is 26.4. The van der Waals surface area contributed by atoms with Gasteiger partial charge in [0.2, 0.25) is 0 Å². The van der Waals surface area contributed by atoms with E-state index in [1.54, 1.807) is 29.5 Å². The first-order valence-electron chi connectivity index (χ1n) is 12.8. The Labute approximate surface area is 216 Å². The molecule has 1 aliphatic heterocycles. The number of rotatable bonds is 9. The number of benzene rings is 2. The molecular formula is C29H35F2N3OS. The number of thiazole rings is 1. The van der Waals surface area contributed by atoms with Crippen LogP contribution >= 0.6 is 11.3 Å². The Hall–Kier alpha value is -2.64. The number of likely N-dealkylation sites (tertiary alicyclic amines) is 1. The first-order valence-corrected chi connectivity index (χ1v) is 13.7. The predicted molar refractivity (Wildman–Crippen MR) is 144 cm³/mol. The minimum absolute atomic E-state index is 0.0591. The summed E-state index contributed by atoms with van der Waals surface area (Å²) in [5.41, 5.74) is 2.23. The molecule has 1 atom stereocenters. The molecule has 7 heteroatoms. The summed E-state index contributed by atoms with van der Waals surface area (Å²) in [4.78, 5) is 20.3. The molecule has 3 aromatic rings. The summed E-state index contributed by atoms with van der Waals surface area (Å²) in [6.07, 6.45) is 4.63. The Morgan fingerprint density at radius 1 is 1.19 bits per heavy atom. The molecule has 1 N–H and O–H groups in total. The fourth-order valence-corrected chi connectivity index (χ4v) is 5.93. The molecule has 1 amide bonds. The third-order valence-corrected chi connectivity index (χ3v) is 7.91. The number of para-hydroxylation sites is 1. The van der Waals surface area contributed by atoms with Crippen LogP contribution in [0.2, 0.25) is 0 Å². The monoisotopic (exact) mass is 511 g/mol. The summed E-state index contributed by atoms with van der Waals surface area (Å²) >= 11 is 1.55. The van der Waals surface area contributed by atoms with E-state index in [2.05, 4.69) is 29.0 Å². The number of aromatic nitrogens is 1. The van der Waals surface area contributed by atoms with Crippen LogP contribution in [0.3, 0.4) is 0 Å². The highest BCUT2D eigenvalue weighted by Gasteiger charge is 2.26.